The van der Waals surface area contributed by atoms with E-state index >= 15 is 0 Å². The number of aliphatic hydroxyl groups excluding tert-OH is 1. The molecule has 1 aliphatic rings. The standard InChI is InChI=1S/C14H19ClN2O2/c15-13-2-3-14(12(10-13)11-19)17-5-1-4-16(6-7-17)8-9-18/h2-3,10-11,18H,1,4-9H2. The molecule has 1 fully saturated rings. The van der Waals surface area contributed by atoms with E-state index in [4.69, 9.17) is 16.7 Å². The number of carbonyl (C=O) groups excluding carboxylic acids is 1. The van der Waals surface area contributed by atoms with Gasteiger partial charge in [-0.2, -0.15) is 0 Å². The highest BCUT2D eigenvalue weighted by atomic mass is 35.5. The van der Waals surface area contributed by atoms with Crippen molar-refractivity contribution < 1.29 is 9.90 Å². The third kappa shape index (κ3) is 3.69. The zero-order chi connectivity index (χ0) is 13.7. The molecule has 19 heavy (non-hydrogen) atoms. The van der Waals surface area contributed by atoms with Crippen LogP contribution in [-0.4, -0.2) is 55.6 Å². The fourth-order valence-electron chi connectivity index (χ4n) is 2.48. The Hall–Kier alpha value is -1.10. The summed E-state index contributed by atoms with van der Waals surface area (Å²) in [6.07, 6.45) is 1.89. The van der Waals surface area contributed by atoms with Gasteiger partial charge >= 0.3 is 0 Å². The van der Waals surface area contributed by atoms with Gasteiger partial charge in [-0.1, -0.05) is 11.6 Å². The Balaban J connectivity index is 2.11. The third-order valence-electron chi connectivity index (χ3n) is 3.46. The van der Waals surface area contributed by atoms with E-state index in [2.05, 4.69) is 9.80 Å². The van der Waals surface area contributed by atoms with Crippen LogP contribution >= 0.6 is 11.6 Å². The molecule has 1 aromatic carbocycles. The van der Waals surface area contributed by atoms with Crippen molar-refractivity contribution in [1.29, 1.82) is 0 Å². The van der Waals surface area contributed by atoms with Gasteiger partial charge in [0.25, 0.3) is 0 Å². The predicted molar refractivity (Wildman–Crippen MR) is 77.2 cm³/mol. The molecule has 0 spiro atoms. The first kappa shape index (κ1) is 14.3. The maximum atomic E-state index is 11.1. The van der Waals surface area contributed by atoms with Gasteiger partial charge in [-0.3, -0.25) is 9.69 Å². The highest BCUT2D eigenvalue weighted by Gasteiger charge is 2.17. The second-order valence-corrected chi connectivity index (χ2v) is 5.16. The lowest BCUT2D eigenvalue weighted by Crippen LogP contribution is -2.32. The van der Waals surface area contributed by atoms with Crippen molar-refractivity contribution in [3.8, 4) is 0 Å². The summed E-state index contributed by atoms with van der Waals surface area (Å²) in [5, 5.41) is 9.58. The first-order valence-corrected chi connectivity index (χ1v) is 6.95. The number of hydrogen-bond donors (Lipinski definition) is 1. The number of β-amino-alcohol motifs (C(OH)–C–C–N with tert-alkyl or cyclic N) is 1. The minimum atomic E-state index is 0.195. The van der Waals surface area contributed by atoms with Crippen LogP contribution in [0.5, 0.6) is 0 Å². The Morgan fingerprint density at radius 2 is 2.11 bits per heavy atom. The number of anilines is 1. The molecule has 1 aromatic rings. The molecule has 1 saturated heterocycles. The van der Waals surface area contributed by atoms with Crippen molar-refractivity contribution in [3.05, 3.63) is 28.8 Å². The fraction of sp³-hybridized carbons (Fsp3) is 0.500. The van der Waals surface area contributed by atoms with Gasteiger partial charge in [0.1, 0.15) is 0 Å². The summed E-state index contributed by atoms with van der Waals surface area (Å²) in [7, 11) is 0. The zero-order valence-corrected chi connectivity index (χ0v) is 11.6. The average molecular weight is 283 g/mol. The lowest BCUT2D eigenvalue weighted by atomic mass is 10.1. The molecule has 2 rings (SSSR count). The Kier molecular flexibility index (Phi) is 5.19. The van der Waals surface area contributed by atoms with E-state index in [1.807, 2.05) is 12.1 Å². The zero-order valence-electron chi connectivity index (χ0n) is 10.9. The summed E-state index contributed by atoms with van der Waals surface area (Å²) in [5.41, 5.74) is 1.59. The SMILES string of the molecule is O=Cc1cc(Cl)ccc1N1CCCN(CCO)CC1. The maximum Gasteiger partial charge on any atom is 0.152 e. The van der Waals surface area contributed by atoms with Crippen LogP contribution in [0.4, 0.5) is 5.69 Å². The summed E-state index contributed by atoms with van der Waals surface area (Å²) < 4.78 is 0. The first-order valence-electron chi connectivity index (χ1n) is 6.57. The Labute approximate surface area is 118 Å². The van der Waals surface area contributed by atoms with Crippen molar-refractivity contribution in [2.75, 3.05) is 44.2 Å². The molecule has 0 aliphatic carbocycles. The molecule has 104 valence electrons. The van der Waals surface area contributed by atoms with Crippen molar-refractivity contribution in [2.24, 2.45) is 0 Å². The minimum absolute atomic E-state index is 0.195. The molecular weight excluding hydrogens is 264 g/mol. The second-order valence-electron chi connectivity index (χ2n) is 4.73. The molecule has 0 aromatic heterocycles. The summed E-state index contributed by atoms with van der Waals surface area (Å²) in [4.78, 5) is 15.6. The number of nitrogens with zero attached hydrogens (tertiary/aromatic N) is 2. The first-order chi connectivity index (χ1) is 9.24. The van der Waals surface area contributed by atoms with E-state index in [9.17, 15) is 4.79 Å². The number of halogens is 1. The van der Waals surface area contributed by atoms with Gasteiger partial charge in [-0.25, -0.2) is 0 Å². The van der Waals surface area contributed by atoms with E-state index in [0.29, 0.717) is 10.6 Å². The monoisotopic (exact) mass is 282 g/mol. The van der Waals surface area contributed by atoms with Crippen molar-refractivity contribution in [2.45, 2.75) is 6.42 Å². The van der Waals surface area contributed by atoms with Crippen molar-refractivity contribution in [3.63, 3.8) is 0 Å². The quantitative estimate of drug-likeness (QED) is 0.853. The molecule has 0 radical (unpaired) electrons. The van der Waals surface area contributed by atoms with E-state index in [-0.39, 0.29) is 6.61 Å². The summed E-state index contributed by atoms with van der Waals surface area (Å²) in [6.45, 7) is 4.59. The highest BCUT2D eigenvalue weighted by molar-refractivity contribution is 6.31. The van der Waals surface area contributed by atoms with Gasteiger partial charge < -0.3 is 10.0 Å². The van der Waals surface area contributed by atoms with Crippen LogP contribution in [0.3, 0.4) is 0 Å². The van der Waals surface area contributed by atoms with Gasteiger partial charge in [-0.05, 0) is 31.2 Å². The third-order valence-corrected chi connectivity index (χ3v) is 3.70. The molecule has 0 saturated carbocycles. The molecule has 0 atom stereocenters. The average Bonchev–Trinajstić information content (AvgIpc) is 2.65. The van der Waals surface area contributed by atoms with Crippen LogP contribution in [0.2, 0.25) is 5.02 Å². The van der Waals surface area contributed by atoms with E-state index in [1.165, 1.54) is 0 Å². The van der Waals surface area contributed by atoms with Gasteiger partial charge in [0.2, 0.25) is 0 Å². The summed E-state index contributed by atoms with van der Waals surface area (Å²) in [6, 6.07) is 5.44. The molecule has 4 nitrogen and oxygen atoms in total. The Morgan fingerprint density at radius 3 is 2.84 bits per heavy atom. The minimum Gasteiger partial charge on any atom is -0.395 e. The largest absolute Gasteiger partial charge is 0.395 e. The molecular formula is C14H19ClN2O2. The predicted octanol–water partition coefficient (Wildman–Crippen LogP) is 1.66. The van der Waals surface area contributed by atoms with Crippen LogP contribution in [0, 0.1) is 0 Å². The summed E-state index contributed by atoms with van der Waals surface area (Å²) >= 11 is 5.92. The molecule has 1 N–H and O–H groups in total. The normalized spacial score (nSPS) is 17.3. The molecule has 0 bridgehead atoms. The molecule has 0 amide bonds. The van der Waals surface area contributed by atoms with Crippen LogP contribution in [-0.2, 0) is 0 Å². The van der Waals surface area contributed by atoms with Crippen LogP contribution in [0.1, 0.15) is 16.8 Å². The molecule has 1 aliphatic heterocycles. The van der Waals surface area contributed by atoms with E-state index in [1.54, 1.807) is 6.07 Å². The molecule has 1 heterocycles. The van der Waals surface area contributed by atoms with Gasteiger partial charge in [0.15, 0.2) is 6.29 Å². The fourth-order valence-corrected chi connectivity index (χ4v) is 2.67. The lowest BCUT2D eigenvalue weighted by molar-refractivity contribution is 0.112. The van der Waals surface area contributed by atoms with Crippen molar-refractivity contribution >= 4 is 23.6 Å². The van der Waals surface area contributed by atoms with E-state index in [0.717, 1.165) is 51.1 Å². The molecule has 5 heteroatoms. The lowest BCUT2D eigenvalue weighted by Gasteiger charge is -2.24. The maximum absolute atomic E-state index is 11.1. The van der Waals surface area contributed by atoms with Gasteiger partial charge in [-0.15, -0.1) is 0 Å². The number of rotatable bonds is 4. The Bertz CT molecular complexity index is 439. The van der Waals surface area contributed by atoms with Crippen LogP contribution < -0.4 is 4.90 Å². The van der Waals surface area contributed by atoms with E-state index < -0.39 is 0 Å². The topological polar surface area (TPSA) is 43.8 Å². The second kappa shape index (κ2) is 6.89. The number of aldehydes is 1. The van der Waals surface area contributed by atoms with Crippen LogP contribution in [0.15, 0.2) is 18.2 Å². The summed E-state index contributed by atoms with van der Waals surface area (Å²) in [5.74, 6) is 0. The van der Waals surface area contributed by atoms with Crippen LogP contribution in [0.25, 0.3) is 0 Å². The number of aliphatic hydroxyl groups is 1. The molecule has 0 unspecified atom stereocenters. The van der Waals surface area contributed by atoms with Gasteiger partial charge in [0.05, 0.1) is 6.61 Å². The smallest absolute Gasteiger partial charge is 0.152 e. The van der Waals surface area contributed by atoms with Crippen molar-refractivity contribution in [1.82, 2.24) is 4.90 Å². The highest BCUT2D eigenvalue weighted by Crippen LogP contribution is 2.24. The number of hydrogen-bond acceptors (Lipinski definition) is 4. The Morgan fingerprint density at radius 1 is 1.26 bits per heavy atom. The number of benzene rings is 1. The number of carbonyl (C=O) groups is 1. The van der Waals surface area contributed by atoms with Gasteiger partial charge in [0, 0.05) is 42.5 Å².